The van der Waals surface area contributed by atoms with Crippen LogP contribution in [-0.2, 0) is 0 Å². The Morgan fingerprint density at radius 3 is 2.80 bits per heavy atom. The predicted molar refractivity (Wildman–Crippen MR) is 114 cm³/mol. The molecule has 142 valence electrons. The largest absolute Gasteiger partial charge is 0.459 e. The van der Waals surface area contributed by atoms with E-state index in [0.29, 0.717) is 18.8 Å². The van der Waals surface area contributed by atoms with Crippen molar-refractivity contribution in [1.29, 1.82) is 0 Å². The summed E-state index contributed by atoms with van der Waals surface area (Å²) in [7, 11) is 2.04. The monoisotopic (exact) mass is 462 g/mol. The number of furan rings is 1. The van der Waals surface area contributed by atoms with Crippen LogP contribution in [-0.4, -0.2) is 50.0 Å². The number of nitrogens with zero attached hydrogens (tertiary/aromatic N) is 2. The maximum atomic E-state index is 11.8. The van der Waals surface area contributed by atoms with Crippen LogP contribution >= 0.6 is 24.0 Å². The Morgan fingerprint density at radius 2 is 2.16 bits per heavy atom. The second-order valence-corrected chi connectivity index (χ2v) is 5.53. The molecule has 2 N–H and O–H groups in total. The smallest absolute Gasteiger partial charge is 0.287 e. The number of nitrogens with one attached hydrogen (secondary N) is 2. The highest BCUT2D eigenvalue weighted by atomic mass is 127. The van der Waals surface area contributed by atoms with Gasteiger partial charge in [-0.15, -0.1) is 30.6 Å². The molecule has 25 heavy (non-hydrogen) atoms. The van der Waals surface area contributed by atoms with Gasteiger partial charge in [0.15, 0.2) is 11.7 Å². The average molecular weight is 462 g/mol. The minimum absolute atomic E-state index is 0. The summed E-state index contributed by atoms with van der Waals surface area (Å²) >= 11 is 0. The van der Waals surface area contributed by atoms with Gasteiger partial charge in [0.05, 0.1) is 12.8 Å². The number of carbonyl (C=O) groups excluding carboxylic acids is 1. The Morgan fingerprint density at radius 1 is 1.36 bits per heavy atom. The SMILES string of the molecule is C=CCCCCCN(C)C(=NCCNC(=O)c1ccco1)NCC.I. The summed E-state index contributed by atoms with van der Waals surface area (Å²) in [6.45, 7) is 8.56. The van der Waals surface area contributed by atoms with Crippen molar-refractivity contribution in [2.75, 3.05) is 33.2 Å². The summed E-state index contributed by atoms with van der Waals surface area (Å²) in [4.78, 5) is 18.4. The third-order valence-electron chi connectivity index (χ3n) is 3.50. The molecule has 1 rings (SSSR count). The molecule has 0 bridgehead atoms. The second-order valence-electron chi connectivity index (χ2n) is 5.53. The van der Waals surface area contributed by atoms with E-state index in [1.54, 1.807) is 12.1 Å². The fourth-order valence-corrected chi connectivity index (χ4v) is 2.22. The van der Waals surface area contributed by atoms with Gasteiger partial charge in [-0.05, 0) is 38.3 Å². The average Bonchev–Trinajstić information content (AvgIpc) is 3.11. The molecule has 0 spiro atoms. The van der Waals surface area contributed by atoms with Crippen LogP contribution in [0.5, 0.6) is 0 Å². The molecular formula is C18H31IN4O2. The van der Waals surface area contributed by atoms with Crippen LogP contribution in [0.2, 0.25) is 0 Å². The standard InChI is InChI=1S/C18H30N4O2.HI/c1-4-6-7-8-9-14-22(3)18(19-5-2)21-13-12-20-17(23)16-11-10-15-24-16;/h4,10-11,15H,1,5-9,12-14H2,2-3H3,(H,19,21)(H,20,23);1H. The van der Waals surface area contributed by atoms with Crippen LogP contribution in [0.15, 0.2) is 40.5 Å². The van der Waals surface area contributed by atoms with Gasteiger partial charge in [0.2, 0.25) is 0 Å². The molecule has 1 aromatic rings. The van der Waals surface area contributed by atoms with Crippen molar-refractivity contribution in [3.05, 3.63) is 36.8 Å². The zero-order valence-electron chi connectivity index (χ0n) is 15.3. The third kappa shape index (κ3) is 10.2. The number of allylic oxidation sites excluding steroid dienone is 1. The van der Waals surface area contributed by atoms with E-state index in [0.717, 1.165) is 31.9 Å². The van der Waals surface area contributed by atoms with Gasteiger partial charge in [-0.25, -0.2) is 0 Å². The predicted octanol–water partition coefficient (Wildman–Crippen LogP) is 3.27. The molecule has 0 aromatic carbocycles. The minimum Gasteiger partial charge on any atom is -0.459 e. The number of amides is 1. The highest BCUT2D eigenvalue weighted by Crippen LogP contribution is 2.02. The van der Waals surface area contributed by atoms with Crippen molar-refractivity contribution in [2.24, 2.45) is 4.99 Å². The summed E-state index contributed by atoms with van der Waals surface area (Å²) in [5, 5.41) is 6.07. The molecule has 7 heteroatoms. The zero-order chi connectivity index (χ0) is 17.6. The molecule has 0 radical (unpaired) electrons. The van der Waals surface area contributed by atoms with Gasteiger partial charge in [0, 0.05) is 26.7 Å². The van der Waals surface area contributed by atoms with Crippen molar-refractivity contribution in [2.45, 2.75) is 32.6 Å². The van der Waals surface area contributed by atoms with Gasteiger partial charge in [-0.3, -0.25) is 9.79 Å². The molecule has 0 atom stereocenters. The Hall–Kier alpha value is -1.51. The molecule has 0 aliphatic carbocycles. The van der Waals surface area contributed by atoms with E-state index in [1.807, 2.05) is 20.0 Å². The van der Waals surface area contributed by atoms with Gasteiger partial charge in [0.1, 0.15) is 0 Å². The first-order valence-electron chi connectivity index (χ1n) is 8.61. The van der Waals surface area contributed by atoms with Crippen LogP contribution in [0.4, 0.5) is 0 Å². The van der Waals surface area contributed by atoms with Gasteiger partial charge < -0.3 is 20.0 Å². The van der Waals surface area contributed by atoms with Crippen molar-refractivity contribution < 1.29 is 9.21 Å². The molecule has 6 nitrogen and oxygen atoms in total. The third-order valence-corrected chi connectivity index (χ3v) is 3.50. The maximum absolute atomic E-state index is 11.8. The highest BCUT2D eigenvalue weighted by Gasteiger charge is 2.07. The lowest BCUT2D eigenvalue weighted by atomic mass is 10.2. The van der Waals surface area contributed by atoms with Crippen LogP contribution in [0.1, 0.15) is 43.2 Å². The van der Waals surface area contributed by atoms with Crippen LogP contribution in [0.25, 0.3) is 0 Å². The molecule has 1 amide bonds. The van der Waals surface area contributed by atoms with E-state index in [1.165, 1.54) is 19.1 Å². The zero-order valence-corrected chi connectivity index (χ0v) is 17.6. The Labute approximate surface area is 168 Å². The first kappa shape index (κ1) is 23.5. The lowest BCUT2D eigenvalue weighted by Crippen LogP contribution is -2.40. The van der Waals surface area contributed by atoms with Crippen LogP contribution < -0.4 is 10.6 Å². The topological polar surface area (TPSA) is 69.9 Å². The first-order chi connectivity index (χ1) is 11.7. The fourth-order valence-electron chi connectivity index (χ4n) is 2.22. The van der Waals surface area contributed by atoms with Crippen molar-refractivity contribution in [1.82, 2.24) is 15.5 Å². The second kappa shape index (κ2) is 14.8. The molecular weight excluding hydrogens is 431 g/mol. The van der Waals surface area contributed by atoms with Crippen molar-refractivity contribution in [3.63, 3.8) is 0 Å². The molecule has 0 fully saturated rings. The molecule has 0 unspecified atom stereocenters. The number of guanidine groups is 1. The van der Waals surface area contributed by atoms with Gasteiger partial charge in [-0.2, -0.15) is 0 Å². The normalized spacial score (nSPS) is 10.7. The Bertz CT molecular complexity index is 503. The van der Waals surface area contributed by atoms with E-state index in [2.05, 4.69) is 27.1 Å². The fraction of sp³-hybridized carbons (Fsp3) is 0.556. The Kier molecular flexibility index (Phi) is 13.9. The van der Waals surface area contributed by atoms with Crippen LogP contribution in [0.3, 0.4) is 0 Å². The van der Waals surface area contributed by atoms with E-state index in [9.17, 15) is 4.79 Å². The molecule has 1 aromatic heterocycles. The van der Waals surface area contributed by atoms with Gasteiger partial charge >= 0.3 is 0 Å². The van der Waals surface area contributed by atoms with E-state index in [-0.39, 0.29) is 29.9 Å². The summed E-state index contributed by atoms with van der Waals surface area (Å²) in [5.41, 5.74) is 0. The molecule has 0 aliphatic heterocycles. The lowest BCUT2D eigenvalue weighted by molar-refractivity contribution is 0.0927. The summed E-state index contributed by atoms with van der Waals surface area (Å²) in [6, 6.07) is 3.34. The summed E-state index contributed by atoms with van der Waals surface area (Å²) in [6.07, 6.45) is 8.03. The summed E-state index contributed by atoms with van der Waals surface area (Å²) in [5.74, 6) is 0.978. The molecule has 0 aliphatic rings. The highest BCUT2D eigenvalue weighted by molar-refractivity contribution is 14.0. The van der Waals surface area contributed by atoms with Crippen molar-refractivity contribution >= 4 is 35.8 Å². The Balaban J connectivity index is 0.00000576. The van der Waals surface area contributed by atoms with Crippen LogP contribution in [0, 0.1) is 0 Å². The maximum Gasteiger partial charge on any atom is 0.287 e. The molecule has 0 saturated heterocycles. The van der Waals surface area contributed by atoms with Crippen molar-refractivity contribution in [3.8, 4) is 0 Å². The number of hydrogen-bond donors (Lipinski definition) is 2. The number of halogens is 1. The number of rotatable bonds is 11. The first-order valence-corrected chi connectivity index (χ1v) is 8.61. The number of unbranched alkanes of at least 4 members (excludes halogenated alkanes) is 3. The van der Waals surface area contributed by atoms with E-state index < -0.39 is 0 Å². The van der Waals surface area contributed by atoms with Gasteiger partial charge in [-0.1, -0.05) is 12.5 Å². The molecule has 1 heterocycles. The number of hydrogen-bond acceptors (Lipinski definition) is 3. The minimum atomic E-state index is -0.212. The number of carbonyl (C=O) groups is 1. The quantitative estimate of drug-likeness (QED) is 0.174. The van der Waals surface area contributed by atoms with Gasteiger partial charge in [0.25, 0.3) is 5.91 Å². The molecule has 0 saturated carbocycles. The van der Waals surface area contributed by atoms with E-state index in [4.69, 9.17) is 4.42 Å². The summed E-state index contributed by atoms with van der Waals surface area (Å²) < 4.78 is 5.05. The number of aliphatic imine (C=N–C) groups is 1. The lowest BCUT2D eigenvalue weighted by Gasteiger charge is -2.22. The van der Waals surface area contributed by atoms with E-state index >= 15 is 0 Å².